The third-order valence-corrected chi connectivity index (χ3v) is 9.08. The Balaban J connectivity index is 1.61. The molecule has 7 nitrogen and oxygen atoms in total. The van der Waals surface area contributed by atoms with Crippen LogP contribution in [0.25, 0.3) is 11.1 Å². The van der Waals surface area contributed by atoms with Gasteiger partial charge >= 0.3 is 0 Å². The summed E-state index contributed by atoms with van der Waals surface area (Å²) in [6.07, 6.45) is 0.714. The highest BCUT2D eigenvalue weighted by Crippen LogP contribution is 2.32. The van der Waals surface area contributed by atoms with Crippen molar-refractivity contribution in [3.63, 3.8) is 0 Å². The summed E-state index contributed by atoms with van der Waals surface area (Å²) in [7, 11) is -1.64. The number of nitrogens with zero attached hydrogens (tertiary/aromatic N) is 3. The maximum atomic E-state index is 15.2. The highest BCUT2D eigenvalue weighted by molar-refractivity contribution is 7.89. The first kappa shape index (κ1) is 28.8. The fourth-order valence-corrected chi connectivity index (χ4v) is 6.19. The normalized spacial score (nSPS) is 14.7. The lowest BCUT2D eigenvalue weighted by atomic mass is 10.0. The van der Waals surface area contributed by atoms with Crippen LogP contribution in [0.2, 0.25) is 0 Å². The molecule has 1 aliphatic rings. The molecule has 0 saturated carbocycles. The molecule has 206 valence electrons. The van der Waals surface area contributed by atoms with Crippen LogP contribution in [-0.4, -0.2) is 68.4 Å². The van der Waals surface area contributed by atoms with Gasteiger partial charge in [-0.1, -0.05) is 37.3 Å². The molecule has 1 N–H and O–H groups in total. The lowest BCUT2D eigenvalue weighted by molar-refractivity contribution is 0.0977. The van der Waals surface area contributed by atoms with Crippen LogP contribution in [0.1, 0.15) is 29.3 Å². The lowest BCUT2D eigenvalue weighted by Crippen LogP contribution is -2.46. The van der Waals surface area contributed by atoms with Gasteiger partial charge in [0.25, 0.3) is 5.91 Å². The van der Waals surface area contributed by atoms with Crippen LogP contribution >= 0.6 is 12.2 Å². The summed E-state index contributed by atoms with van der Waals surface area (Å²) in [5, 5.41) is 2.94. The number of likely N-dealkylation sites (N-methyl/N-ethyl adjacent to an activating group) is 1. The van der Waals surface area contributed by atoms with E-state index in [1.165, 1.54) is 10.4 Å². The molecule has 10 heteroatoms. The van der Waals surface area contributed by atoms with E-state index in [0.29, 0.717) is 67.1 Å². The first-order valence-electron chi connectivity index (χ1n) is 12.9. The standard InChI is InChI=1S/C29H33FN4O3S2/c1-4-14-34(29(38)31-28(35)23-8-6-5-7-9-23)27-20-24(19-26(30)21(27)2)22-10-12-25(13-11-22)39(36,37)33-17-15-32(3)16-18-33/h5-13,19-20H,4,14-18H2,1-3H3,(H,31,35,38). The van der Waals surface area contributed by atoms with Crippen molar-refractivity contribution >= 4 is 38.9 Å². The number of carbonyl (C=O) groups is 1. The van der Waals surface area contributed by atoms with Gasteiger partial charge in [-0.2, -0.15) is 4.31 Å². The van der Waals surface area contributed by atoms with E-state index in [1.54, 1.807) is 60.4 Å². The van der Waals surface area contributed by atoms with Crippen molar-refractivity contribution in [2.45, 2.75) is 25.2 Å². The van der Waals surface area contributed by atoms with Gasteiger partial charge in [0.05, 0.1) is 4.90 Å². The maximum absolute atomic E-state index is 15.2. The van der Waals surface area contributed by atoms with E-state index in [-0.39, 0.29) is 15.9 Å². The molecule has 1 aliphatic heterocycles. The number of thiocarbonyl (C=S) groups is 1. The highest BCUT2D eigenvalue weighted by atomic mass is 32.2. The molecule has 1 fully saturated rings. The van der Waals surface area contributed by atoms with Crippen molar-refractivity contribution < 1.29 is 17.6 Å². The van der Waals surface area contributed by atoms with E-state index in [2.05, 4.69) is 10.2 Å². The van der Waals surface area contributed by atoms with Gasteiger partial charge in [-0.05, 0) is 80.1 Å². The number of rotatable bonds is 7. The predicted octanol–water partition coefficient (Wildman–Crippen LogP) is 4.67. The van der Waals surface area contributed by atoms with Gasteiger partial charge < -0.3 is 9.80 Å². The first-order chi connectivity index (χ1) is 18.6. The van der Waals surface area contributed by atoms with E-state index >= 15 is 4.39 Å². The van der Waals surface area contributed by atoms with Gasteiger partial charge in [0.15, 0.2) is 5.11 Å². The molecule has 1 heterocycles. The molecule has 3 aromatic carbocycles. The summed E-state index contributed by atoms with van der Waals surface area (Å²) in [6.45, 7) is 6.38. The van der Waals surface area contributed by atoms with Crippen LogP contribution in [-0.2, 0) is 10.0 Å². The van der Waals surface area contributed by atoms with Crippen molar-refractivity contribution in [3.8, 4) is 11.1 Å². The molecule has 0 spiro atoms. The number of amides is 1. The number of sulfonamides is 1. The molecule has 39 heavy (non-hydrogen) atoms. The Bertz CT molecular complexity index is 1440. The van der Waals surface area contributed by atoms with E-state index in [4.69, 9.17) is 12.2 Å². The van der Waals surface area contributed by atoms with Gasteiger partial charge in [-0.25, -0.2) is 12.8 Å². The summed E-state index contributed by atoms with van der Waals surface area (Å²) in [4.78, 5) is 16.8. The zero-order valence-corrected chi connectivity index (χ0v) is 24.0. The smallest absolute Gasteiger partial charge is 0.257 e. The fraction of sp³-hybridized carbons (Fsp3) is 0.310. The number of halogens is 1. The number of piperazine rings is 1. The van der Waals surface area contributed by atoms with E-state index < -0.39 is 15.8 Å². The summed E-state index contributed by atoms with van der Waals surface area (Å²) in [6, 6.07) is 18.5. The molecule has 0 unspecified atom stereocenters. The van der Waals surface area contributed by atoms with Gasteiger partial charge in [0.1, 0.15) is 5.82 Å². The van der Waals surface area contributed by atoms with Crippen molar-refractivity contribution in [3.05, 3.63) is 83.7 Å². The number of nitrogens with one attached hydrogen (secondary N) is 1. The lowest BCUT2D eigenvalue weighted by Gasteiger charge is -2.31. The first-order valence-corrected chi connectivity index (χ1v) is 14.7. The molecule has 4 rings (SSSR count). The summed E-state index contributed by atoms with van der Waals surface area (Å²) in [5.41, 5.74) is 2.66. The zero-order valence-electron chi connectivity index (χ0n) is 22.4. The Morgan fingerprint density at radius 3 is 2.26 bits per heavy atom. The highest BCUT2D eigenvalue weighted by Gasteiger charge is 2.27. The summed E-state index contributed by atoms with van der Waals surface area (Å²) in [5.74, 6) is -0.761. The van der Waals surface area contributed by atoms with E-state index in [0.717, 1.165) is 0 Å². The van der Waals surface area contributed by atoms with E-state index in [1.807, 2.05) is 26.1 Å². The van der Waals surface area contributed by atoms with Crippen molar-refractivity contribution in [1.82, 2.24) is 14.5 Å². The number of carbonyl (C=O) groups excluding carboxylic acids is 1. The Labute approximate surface area is 235 Å². The topological polar surface area (TPSA) is 73.0 Å². The zero-order chi connectivity index (χ0) is 28.2. The average Bonchev–Trinajstić information content (AvgIpc) is 2.94. The third-order valence-electron chi connectivity index (χ3n) is 6.84. The molecular formula is C29H33FN4O3S2. The maximum Gasteiger partial charge on any atom is 0.257 e. The van der Waals surface area contributed by atoms with Crippen LogP contribution in [0.3, 0.4) is 0 Å². The second-order valence-corrected chi connectivity index (χ2v) is 11.9. The van der Waals surface area contributed by atoms with Crippen LogP contribution < -0.4 is 10.2 Å². The third kappa shape index (κ3) is 6.52. The molecule has 1 saturated heterocycles. The molecule has 0 aromatic heterocycles. The molecular weight excluding hydrogens is 535 g/mol. The van der Waals surface area contributed by atoms with Gasteiger partial charge in [-0.15, -0.1) is 0 Å². The molecule has 3 aromatic rings. The minimum Gasteiger partial charge on any atom is -0.318 e. The van der Waals surface area contributed by atoms with Crippen LogP contribution in [0.15, 0.2) is 71.6 Å². The average molecular weight is 569 g/mol. The van der Waals surface area contributed by atoms with Crippen LogP contribution in [0.5, 0.6) is 0 Å². The van der Waals surface area contributed by atoms with Gasteiger partial charge in [-0.3, -0.25) is 10.1 Å². The Kier molecular flexibility index (Phi) is 9.12. The molecule has 0 atom stereocenters. The number of benzene rings is 3. The number of hydrogen-bond acceptors (Lipinski definition) is 5. The Morgan fingerprint density at radius 2 is 1.64 bits per heavy atom. The van der Waals surface area contributed by atoms with E-state index in [9.17, 15) is 13.2 Å². The second-order valence-electron chi connectivity index (χ2n) is 9.61. The van der Waals surface area contributed by atoms with Crippen LogP contribution in [0.4, 0.5) is 10.1 Å². The SMILES string of the molecule is CCCN(C(=S)NC(=O)c1ccccc1)c1cc(-c2ccc(S(=O)(=O)N3CCN(C)CC3)cc2)cc(F)c1C. The Morgan fingerprint density at radius 1 is 1.00 bits per heavy atom. The Hall–Kier alpha value is -3.18. The molecule has 0 radical (unpaired) electrons. The largest absolute Gasteiger partial charge is 0.318 e. The summed E-state index contributed by atoms with van der Waals surface area (Å²) >= 11 is 5.59. The van der Waals surface area contributed by atoms with Crippen molar-refractivity contribution in [2.24, 2.45) is 0 Å². The van der Waals surface area contributed by atoms with Crippen molar-refractivity contribution in [1.29, 1.82) is 0 Å². The minimum absolute atomic E-state index is 0.180. The molecule has 0 aliphatic carbocycles. The fourth-order valence-electron chi connectivity index (χ4n) is 4.49. The molecule has 1 amide bonds. The predicted molar refractivity (Wildman–Crippen MR) is 157 cm³/mol. The number of hydrogen-bond donors (Lipinski definition) is 1. The second kappa shape index (κ2) is 12.3. The quantitative estimate of drug-likeness (QED) is 0.418. The molecule has 0 bridgehead atoms. The monoisotopic (exact) mass is 568 g/mol. The number of anilines is 1. The minimum atomic E-state index is -3.61. The van der Waals surface area contributed by atoms with Crippen LogP contribution in [0, 0.1) is 12.7 Å². The van der Waals surface area contributed by atoms with Crippen molar-refractivity contribution in [2.75, 3.05) is 44.7 Å². The van der Waals surface area contributed by atoms with Gasteiger partial charge in [0, 0.05) is 49.5 Å². The van der Waals surface area contributed by atoms with Gasteiger partial charge in [0.2, 0.25) is 10.0 Å². The summed E-state index contributed by atoms with van der Waals surface area (Å²) < 4.78 is 42.9.